The van der Waals surface area contributed by atoms with Crippen LogP contribution in [0.25, 0.3) is 0 Å². The molecule has 0 aliphatic carbocycles. The van der Waals surface area contributed by atoms with Crippen molar-refractivity contribution in [1.82, 2.24) is 15.3 Å². The second kappa shape index (κ2) is 2.19. The average molecular weight is 148 g/mol. The van der Waals surface area contributed by atoms with E-state index in [1.807, 2.05) is 0 Å². The van der Waals surface area contributed by atoms with Gasteiger partial charge >= 0.3 is 0 Å². The molecule has 0 atom stereocenters. The second-order valence-electron chi connectivity index (χ2n) is 2.02. The predicted molar refractivity (Wildman–Crippen MR) is 41.5 cm³/mol. The van der Waals surface area contributed by atoms with Gasteiger partial charge < -0.3 is 5.32 Å². The van der Waals surface area contributed by atoms with Gasteiger partial charge in [0, 0.05) is 7.05 Å². The van der Waals surface area contributed by atoms with E-state index in [4.69, 9.17) is 0 Å². The summed E-state index contributed by atoms with van der Waals surface area (Å²) in [4.78, 5) is 11.9. The van der Waals surface area contributed by atoms with Crippen molar-refractivity contribution in [1.29, 1.82) is 0 Å². The average Bonchev–Trinajstić information content (AvgIpc) is 2.50. The Balaban J connectivity index is 2.57. The lowest BCUT2D eigenvalue weighted by Gasteiger charge is -2.00. The molecule has 0 saturated carbocycles. The molecular formula is C6H6N5. The second-order valence-corrected chi connectivity index (χ2v) is 2.02. The normalized spacial score (nSPS) is 12.5. The van der Waals surface area contributed by atoms with Crippen LogP contribution in [0.15, 0.2) is 11.3 Å². The molecule has 2 rings (SSSR count). The maximum Gasteiger partial charge on any atom is 0.185 e. The topological polar surface area (TPSA) is 64.3 Å². The lowest BCUT2D eigenvalue weighted by atomic mass is 10.4. The minimum absolute atomic E-state index is 0.629. The molecule has 1 aliphatic heterocycles. The molecule has 1 aromatic heterocycles. The van der Waals surface area contributed by atoms with Gasteiger partial charge in [-0.25, -0.2) is 20.3 Å². The Morgan fingerprint density at radius 1 is 1.36 bits per heavy atom. The molecule has 0 saturated heterocycles. The predicted octanol–water partition coefficient (Wildman–Crippen LogP) is 0.428. The lowest BCUT2D eigenvalue weighted by Crippen LogP contribution is -1.95. The molecule has 0 fully saturated rings. The number of nitrogens with zero attached hydrogens (tertiary/aromatic N) is 4. The SMILES string of the molecule is CNc1ncnc2c1N=C[N]2. The van der Waals surface area contributed by atoms with Gasteiger partial charge in [0.15, 0.2) is 17.3 Å². The maximum absolute atomic E-state index is 3.99. The van der Waals surface area contributed by atoms with Crippen LogP contribution < -0.4 is 10.6 Å². The van der Waals surface area contributed by atoms with Crippen molar-refractivity contribution < 1.29 is 0 Å². The van der Waals surface area contributed by atoms with E-state index in [-0.39, 0.29) is 0 Å². The summed E-state index contributed by atoms with van der Waals surface area (Å²) in [5.74, 6) is 1.34. The van der Waals surface area contributed by atoms with Crippen LogP contribution in [0, 0.1) is 0 Å². The van der Waals surface area contributed by atoms with E-state index >= 15 is 0 Å². The molecule has 1 aliphatic rings. The Morgan fingerprint density at radius 3 is 3.09 bits per heavy atom. The zero-order valence-electron chi connectivity index (χ0n) is 5.94. The number of fused-ring (bicyclic) bond motifs is 1. The number of hydrogen-bond acceptors (Lipinski definition) is 4. The largest absolute Gasteiger partial charge is 0.371 e. The van der Waals surface area contributed by atoms with Crippen LogP contribution >= 0.6 is 0 Å². The first-order chi connectivity index (χ1) is 5.42. The van der Waals surface area contributed by atoms with Crippen molar-refractivity contribution in [2.45, 2.75) is 0 Å². The van der Waals surface area contributed by atoms with Gasteiger partial charge in [-0.3, -0.25) is 0 Å². The number of nitrogens with one attached hydrogen (secondary N) is 1. The van der Waals surface area contributed by atoms with Crippen LogP contribution in [0.3, 0.4) is 0 Å². The van der Waals surface area contributed by atoms with Gasteiger partial charge in [-0.1, -0.05) is 0 Å². The van der Waals surface area contributed by atoms with Gasteiger partial charge in [0.25, 0.3) is 0 Å². The van der Waals surface area contributed by atoms with Crippen LogP contribution in [0.2, 0.25) is 0 Å². The minimum atomic E-state index is 0.629. The first kappa shape index (κ1) is 6.09. The highest BCUT2D eigenvalue weighted by molar-refractivity contribution is 5.85. The summed E-state index contributed by atoms with van der Waals surface area (Å²) in [6, 6.07) is 0. The fourth-order valence-corrected chi connectivity index (χ4v) is 0.907. The van der Waals surface area contributed by atoms with Crippen LogP contribution in [0.4, 0.5) is 17.3 Å². The highest BCUT2D eigenvalue weighted by atomic mass is 15.2. The van der Waals surface area contributed by atoms with E-state index in [2.05, 4.69) is 25.6 Å². The van der Waals surface area contributed by atoms with Crippen LogP contribution in [0.1, 0.15) is 0 Å². The maximum atomic E-state index is 3.99. The summed E-state index contributed by atoms with van der Waals surface area (Å²) in [5.41, 5.74) is 0.718. The summed E-state index contributed by atoms with van der Waals surface area (Å²) in [5, 5.41) is 6.83. The van der Waals surface area contributed by atoms with E-state index in [9.17, 15) is 0 Å². The third kappa shape index (κ3) is 0.813. The molecule has 0 bridgehead atoms. The third-order valence-electron chi connectivity index (χ3n) is 1.41. The van der Waals surface area contributed by atoms with Gasteiger partial charge in [-0.05, 0) is 0 Å². The van der Waals surface area contributed by atoms with E-state index in [0.29, 0.717) is 11.6 Å². The Morgan fingerprint density at radius 2 is 2.27 bits per heavy atom. The lowest BCUT2D eigenvalue weighted by molar-refractivity contribution is 1.12. The van der Waals surface area contributed by atoms with Crippen molar-refractivity contribution in [2.24, 2.45) is 4.99 Å². The van der Waals surface area contributed by atoms with Gasteiger partial charge in [-0.15, -0.1) is 0 Å². The summed E-state index contributed by atoms with van der Waals surface area (Å²) in [6.45, 7) is 0. The molecule has 11 heavy (non-hydrogen) atoms. The van der Waals surface area contributed by atoms with Gasteiger partial charge in [0.2, 0.25) is 0 Å². The fourth-order valence-electron chi connectivity index (χ4n) is 0.907. The van der Waals surface area contributed by atoms with Crippen LogP contribution in [0.5, 0.6) is 0 Å². The van der Waals surface area contributed by atoms with Crippen molar-refractivity contribution in [3.63, 3.8) is 0 Å². The quantitative estimate of drug-likeness (QED) is 0.628. The smallest absolute Gasteiger partial charge is 0.185 e. The fraction of sp³-hybridized carbons (Fsp3) is 0.167. The zero-order chi connectivity index (χ0) is 7.68. The molecule has 5 nitrogen and oxygen atoms in total. The minimum Gasteiger partial charge on any atom is -0.371 e. The first-order valence-electron chi connectivity index (χ1n) is 3.18. The molecular weight excluding hydrogens is 142 g/mol. The van der Waals surface area contributed by atoms with E-state index < -0.39 is 0 Å². The van der Waals surface area contributed by atoms with Crippen LogP contribution in [-0.2, 0) is 0 Å². The highest BCUT2D eigenvalue weighted by Crippen LogP contribution is 2.31. The molecule has 1 aromatic rings. The summed E-state index contributed by atoms with van der Waals surface area (Å²) >= 11 is 0. The molecule has 5 heteroatoms. The monoisotopic (exact) mass is 148 g/mol. The molecule has 0 aromatic carbocycles. The number of anilines is 1. The van der Waals surface area contributed by atoms with Crippen molar-refractivity contribution in [3.8, 4) is 0 Å². The molecule has 2 heterocycles. The summed E-state index contributed by atoms with van der Waals surface area (Å²) in [6.07, 6.45) is 2.93. The van der Waals surface area contributed by atoms with Crippen molar-refractivity contribution in [3.05, 3.63) is 6.33 Å². The zero-order valence-corrected chi connectivity index (χ0v) is 5.94. The molecule has 0 unspecified atom stereocenters. The Kier molecular flexibility index (Phi) is 1.21. The standard InChI is InChI=1S/C6H6N5/c1-7-5-4-6(10-2-8-4)11-3-9-5/h2-3H,1H3,(H,7,9,11). The molecule has 1 radical (unpaired) electrons. The van der Waals surface area contributed by atoms with Crippen LogP contribution in [-0.4, -0.2) is 23.4 Å². The number of rotatable bonds is 1. The third-order valence-corrected chi connectivity index (χ3v) is 1.41. The number of aromatic nitrogens is 2. The van der Waals surface area contributed by atoms with Crippen molar-refractivity contribution >= 4 is 23.7 Å². The molecule has 0 amide bonds. The Hall–Kier alpha value is -1.65. The summed E-state index contributed by atoms with van der Waals surface area (Å²) in [7, 11) is 1.79. The Bertz CT molecular complexity index is 306. The van der Waals surface area contributed by atoms with E-state index in [0.717, 1.165) is 5.69 Å². The first-order valence-corrected chi connectivity index (χ1v) is 3.18. The highest BCUT2D eigenvalue weighted by Gasteiger charge is 2.13. The summed E-state index contributed by atoms with van der Waals surface area (Å²) < 4.78 is 0. The number of aliphatic imine (C=N–C) groups is 1. The molecule has 1 N–H and O–H groups in total. The number of hydrogen-bond donors (Lipinski definition) is 1. The van der Waals surface area contributed by atoms with E-state index in [1.165, 1.54) is 12.7 Å². The molecule has 55 valence electrons. The van der Waals surface area contributed by atoms with Crippen molar-refractivity contribution in [2.75, 3.05) is 12.4 Å². The van der Waals surface area contributed by atoms with Gasteiger partial charge in [0.1, 0.15) is 12.7 Å². The van der Waals surface area contributed by atoms with Gasteiger partial charge in [0.05, 0.1) is 0 Å². The van der Waals surface area contributed by atoms with E-state index in [1.54, 1.807) is 7.05 Å². The van der Waals surface area contributed by atoms with Gasteiger partial charge in [-0.2, -0.15) is 0 Å². The molecule has 0 spiro atoms. The Labute approximate surface area is 63.6 Å².